The average Bonchev–Trinajstić information content (AvgIpc) is 2.26. The van der Waals surface area contributed by atoms with Crippen LogP contribution >= 0.6 is 0 Å². The van der Waals surface area contributed by atoms with E-state index in [1.807, 2.05) is 31.3 Å². The van der Waals surface area contributed by atoms with Crippen LogP contribution in [-0.2, 0) is 0 Å². The Bertz CT molecular complexity index is 276. The third-order valence-electron chi connectivity index (χ3n) is 2.25. The predicted molar refractivity (Wildman–Crippen MR) is 56.7 cm³/mol. The first-order valence-corrected chi connectivity index (χ1v) is 4.71. The van der Waals surface area contributed by atoms with Crippen molar-refractivity contribution in [2.45, 2.75) is 5.92 Å². The van der Waals surface area contributed by atoms with Crippen molar-refractivity contribution >= 4 is 0 Å². The maximum atomic E-state index is 9.23. The summed E-state index contributed by atoms with van der Waals surface area (Å²) in [5, 5.41) is 12.3. The SMILES string of the molecule is CNCC(CO)c1ccccc1OC. The monoisotopic (exact) mass is 195 g/mol. The number of aliphatic hydroxyl groups excluding tert-OH is 1. The van der Waals surface area contributed by atoms with Gasteiger partial charge < -0.3 is 15.2 Å². The van der Waals surface area contributed by atoms with E-state index in [0.717, 1.165) is 17.9 Å². The quantitative estimate of drug-likeness (QED) is 0.736. The number of benzene rings is 1. The summed E-state index contributed by atoms with van der Waals surface area (Å²) in [5.74, 6) is 0.929. The molecule has 1 unspecified atom stereocenters. The molecule has 1 aromatic carbocycles. The van der Waals surface area contributed by atoms with Gasteiger partial charge in [-0.3, -0.25) is 0 Å². The smallest absolute Gasteiger partial charge is 0.122 e. The van der Waals surface area contributed by atoms with Crippen LogP contribution in [0.2, 0.25) is 0 Å². The van der Waals surface area contributed by atoms with Gasteiger partial charge in [0.1, 0.15) is 5.75 Å². The molecular formula is C11H17NO2. The highest BCUT2D eigenvalue weighted by Crippen LogP contribution is 2.25. The molecule has 1 rings (SSSR count). The fourth-order valence-electron chi connectivity index (χ4n) is 1.52. The van der Waals surface area contributed by atoms with Gasteiger partial charge in [0.05, 0.1) is 13.7 Å². The Labute approximate surface area is 84.7 Å². The average molecular weight is 195 g/mol. The molecule has 1 atom stereocenters. The summed E-state index contributed by atoms with van der Waals surface area (Å²) in [5.41, 5.74) is 1.05. The van der Waals surface area contributed by atoms with Crippen molar-refractivity contribution in [2.24, 2.45) is 0 Å². The van der Waals surface area contributed by atoms with Gasteiger partial charge in [-0.1, -0.05) is 18.2 Å². The molecule has 0 saturated heterocycles. The van der Waals surface area contributed by atoms with Gasteiger partial charge in [-0.2, -0.15) is 0 Å². The van der Waals surface area contributed by atoms with Gasteiger partial charge in [-0.25, -0.2) is 0 Å². The highest BCUT2D eigenvalue weighted by Gasteiger charge is 2.13. The molecule has 0 aliphatic heterocycles. The molecule has 0 spiro atoms. The minimum absolute atomic E-state index is 0.0937. The van der Waals surface area contributed by atoms with Crippen molar-refractivity contribution in [1.29, 1.82) is 0 Å². The van der Waals surface area contributed by atoms with E-state index in [1.165, 1.54) is 0 Å². The lowest BCUT2D eigenvalue weighted by atomic mass is 9.99. The van der Waals surface area contributed by atoms with E-state index in [1.54, 1.807) is 7.11 Å². The molecule has 2 N–H and O–H groups in total. The fourth-order valence-corrected chi connectivity index (χ4v) is 1.52. The Morgan fingerprint density at radius 3 is 2.71 bits per heavy atom. The molecule has 0 aromatic heterocycles. The molecule has 3 nitrogen and oxygen atoms in total. The Hall–Kier alpha value is -1.06. The molecule has 0 fully saturated rings. The number of nitrogens with one attached hydrogen (secondary N) is 1. The molecule has 0 saturated carbocycles. The fraction of sp³-hybridized carbons (Fsp3) is 0.455. The van der Waals surface area contributed by atoms with Crippen molar-refractivity contribution in [3.63, 3.8) is 0 Å². The zero-order valence-corrected chi connectivity index (χ0v) is 8.66. The maximum Gasteiger partial charge on any atom is 0.122 e. The molecule has 14 heavy (non-hydrogen) atoms. The van der Waals surface area contributed by atoms with Gasteiger partial charge in [-0.15, -0.1) is 0 Å². The van der Waals surface area contributed by atoms with Crippen molar-refractivity contribution in [3.05, 3.63) is 29.8 Å². The number of methoxy groups -OCH3 is 1. The van der Waals surface area contributed by atoms with Crippen molar-refractivity contribution in [2.75, 3.05) is 27.3 Å². The summed E-state index contributed by atoms with van der Waals surface area (Å²) in [6.07, 6.45) is 0. The summed E-state index contributed by atoms with van der Waals surface area (Å²) >= 11 is 0. The van der Waals surface area contributed by atoms with Gasteiger partial charge in [0.2, 0.25) is 0 Å². The summed E-state index contributed by atoms with van der Waals surface area (Å²) in [6.45, 7) is 0.873. The second-order valence-corrected chi connectivity index (χ2v) is 3.18. The standard InChI is InChI=1S/C11H17NO2/c1-12-7-9(8-13)10-5-3-4-6-11(10)14-2/h3-6,9,12-13H,7-8H2,1-2H3. The lowest BCUT2D eigenvalue weighted by Gasteiger charge is -2.16. The highest BCUT2D eigenvalue weighted by molar-refractivity contribution is 5.36. The molecule has 3 heteroatoms. The second-order valence-electron chi connectivity index (χ2n) is 3.18. The van der Waals surface area contributed by atoms with E-state index in [4.69, 9.17) is 4.74 Å². The number of aliphatic hydroxyl groups is 1. The number of rotatable bonds is 5. The van der Waals surface area contributed by atoms with E-state index in [-0.39, 0.29) is 12.5 Å². The number of hydrogen-bond acceptors (Lipinski definition) is 3. The molecule has 78 valence electrons. The normalized spacial score (nSPS) is 12.5. The van der Waals surface area contributed by atoms with Gasteiger partial charge in [-0.05, 0) is 13.1 Å². The second kappa shape index (κ2) is 5.62. The summed E-state index contributed by atoms with van der Waals surface area (Å²) < 4.78 is 5.24. The van der Waals surface area contributed by atoms with Crippen molar-refractivity contribution < 1.29 is 9.84 Å². The summed E-state index contributed by atoms with van der Waals surface area (Å²) in [7, 11) is 3.52. The number of hydrogen-bond donors (Lipinski definition) is 2. The first-order chi connectivity index (χ1) is 6.83. The molecule has 0 bridgehead atoms. The largest absolute Gasteiger partial charge is 0.496 e. The number of para-hydroxylation sites is 1. The predicted octanol–water partition coefficient (Wildman–Crippen LogP) is 0.990. The van der Waals surface area contributed by atoms with Crippen molar-refractivity contribution in [3.8, 4) is 5.75 Å². The number of ether oxygens (including phenoxy) is 1. The molecule has 0 aliphatic rings. The molecule has 0 amide bonds. The Morgan fingerprint density at radius 1 is 1.43 bits per heavy atom. The van der Waals surface area contributed by atoms with Crippen molar-refractivity contribution in [1.82, 2.24) is 5.32 Å². The van der Waals surface area contributed by atoms with Crippen LogP contribution in [0.5, 0.6) is 5.75 Å². The topological polar surface area (TPSA) is 41.5 Å². The lowest BCUT2D eigenvalue weighted by molar-refractivity contribution is 0.260. The summed E-state index contributed by atoms with van der Waals surface area (Å²) in [4.78, 5) is 0. The minimum atomic E-state index is 0.0937. The highest BCUT2D eigenvalue weighted by atomic mass is 16.5. The Morgan fingerprint density at radius 2 is 2.14 bits per heavy atom. The summed E-state index contributed by atoms with van der Waals surface area (Å²) in [6, 6.07) is 7.77. The van der Waals surface area contributed by atoms with E-state index in [2.05, 4.69) is 5.32 Å². The minimum Gasteiger partial charge on any atom is -0.496 e. The third kappa shape index (κ3) is 2.47. The lowest BCUT2D eigenvalue weighted by Crippen LogP contribution is -2.20. The van der Waals surface area contributed by atoms with Crippen LogP contribution in [0.3, 0.4) is 0 Å². The number of likely N-dealkylation sites (N-methyl/N-ethyl adjacent to an activating group) is 1. The molecule has 0 aliphatic carbocycles. The maximum absolute atomic E-state index is 9.23. The Balaban J connectivity index is 2.90. The third-order valence-corrected chi connectivity index (χ3v) is 2.25. The Kier molecular flexibility index (Phi) is 4.43. The van der Waals surface area contributed by atoms with Crippen LogP contribution in [0.25, 0.3) is 0 Å². The molecule has 0 heterocycles. The molecule has 1 aromatic rings. The van der Waals surface area contributed by atoms with Crippen LogP contribution in [0.4, 0.5) is 0 Å². The van der Waals surface area contributed by atoms with Crippen LogP contribution in [0, 0.1) is 0 Å². The van der Waals surface area contributed by atoms with E-state index < -0.39 is 0 Å². The zero-order chi connectivity index (χ0) is 10.4. The first-order valence-electron chi connectivity index (χ1n) is 4.71. The zero-order valence-electron chi connectivity index (χ0n) is 8.66. The van der Waals surface area contributed by atoms with Crippen LogP contribution < -0.4 is 10.1 Å². The van der Waals surface area contributed by atoms with E-state index >= 15 is 0 Å². The molecule has 0 radical (unpaired) electrons. The van der Waals surface area contributed by atoms with Crippen LogP contribution in [0.1, 0.15) is 11.5 Å². The molecular weight excluding hydrogens is 178 g/mol. The van der Waals surface area contributed by atoms with E-state index in [0.29, 0.717) is 0 Å². The van der Waals surface area contributed by atoms with E-state index in [9.17, 15) is 5.11 Å². The van der Waals surface area contributed by atoms with Gasteiger partial charge in [0.15, 0.2) is 0 Å². The van der Waals surface area contributed by atoms with Gasteiger partial charge in [0.25, 0.3) is 0 Å². The first kappa shape index (κ1) is 11.0. The van der Waals surface area contributed by atoms with Crippen LogP contribution in [0.15, 0.2) is 24.3 Å². The van der Waals surface area contributed by atoms with Gasteiger partial charge >= 0.3 is 0 Å². The van der Waals surface area contributed by atoms with Crippen LogP contribution in [-0.4, -0.2) is 32.4 Å². The van der Waals surface area contributed by atoms with Gasteiger partial charge in [0, 0.05) is 18.0 Å².